The lowest BCUT2D eigenvalue weighted by Gasteiger charge is -2.04. The van der Waals surface area contributed by atoms with Crippen LogP contribution in [0, 0.1) is 0 Å². The Hall–Kier alpha value is -1.66. The molecular formula is C18H23N3OS2. The van der Waals surface area contributed by atoms with Gasteiger partial charge in [0.2, 0.25) is 11.0 Å². The molecule has 0 saturated carbocycles. The van der Waals surface area contributed by atoms with E-state index in [0.29, 0.717) is 11.0 Å². The Kier molecular flexibility index (Phi) is 7.46. The van der Waals surface area contributed by atoms with Gasteiger partial charge in [-0.2, -0.15) is 0 Å². The lowest BCUT2D eigenvalue weighted by Crippen LogP contribution is -2.07. The fraction of sp³-hybridized carbons (Fsp3) is 0.389. The van der Waals surface area contributed by atoms with Crippen LogP contribution in [-0.2, 0) is 4.79 Å². The van der Waals surface area contributed by atoms with Gasteiger partial charge in [-0.3, -0.25) is 10.1 Å². The van der Waals surface area contributed by atoms with Crippen LogP contribution in [0.1, 0.15) is 50.7 Å². The number of nitrogens with one attached hydrogen (secondary N) is 1. The van der Waals surface area contributed by atoms with Gasteiger partial charge in [-0.05, 0) is 29.5 Å². The normalized spacial score (nSPS) is 11.3. The molecule has 128 valence electrons. The van der Waals surface area contributed by atoms with Gasteiger partial charge in [0, 0.05) is 11.8 Å². The number of thioether (sulfide) groups is 1. The number of anilines is 1. The molecule has 0 bridgehead atoms. The minimum absolute atomic E-state index is 0.191. The first-order chi connectivity index (χ1) is 11.6. The molecule has 0 radical (unpaired) electrons. The zero-order valence-electron chi connectivity index (χ0n) is 14.3. The van der Waals surface area contributed by atoms with Gasteiger partial charge in [0.1, 0.15) is 0 Å². The van der Waals surface area contributed by atoms with Gasteiger partial charge in [-0.25, -0.2) is 0 Å². The first-order valence-electron chi connectivity index (χ1n) is 8.13. The molecule has 24 heavy (non-hydrogen) atoms. The second kappa shape index (κ2) is 9.59. The molecule has 1 aromatic heterocycles. The summed E-state index contributed by atoms with van der Waals surface area (Å²) in [6.07, 6.45) is 5.65. The van der Waals surface area contributed by atoms with Crippen molar-refractivity contribution in [2.45, 2.75) is 43.9 Å². The zero-order chi connectivity index (χ0) is 17.4. The molecule has 0 unspecified atom stereocenters. The summed E-state index contributed by atoms with van der Waals surface area (Å²) in [6.45, 7) is 6.49. The highest BCUT2D eigenvalue weighted by Crippen LogP contribution is 2.26. The third kappa shape index (κ3) is 6.09. The van der Waals surface area contributed by atoms with Gasteiger partial charge in [0.25, 0.3) is 0 Å². The van der Waals surface area contributed by atoms with Gasteiger partial charge < -0.3 is 0 Å². The first-order valence-corrected chi connectivity index (χ1v) is 9.94. The van der Waals surface area contributed by atoms with Crippen LogP contribution in [-0.4, -0.2) is 21.9 Å². The average Bonchev–Trinajstić information content (AvgIpc) is 3.01. The quantitative estimate of drug-likeness (QED) is 0.304. The van der Waals surface area contributed by atoms with Gasteiger partial charge in [-0.1, -0.05) is 74.6 Å². The number of benzene rings is 1. The molecule has 6 heteroatoms. The number of aromatic nitrogens is 2. The summed E-state index contributed by atoms with van der Waals surface area (Å²) in [4.78, 5) is 12.0. The topological polar surface area (TPSA) is 54.9 Å². The zero-order valence-corrected chi connectivity index (χ0v) is 15.9. The molecule has 1 amide bonds. The highest BCUT2D eigenvalue weighted by molar-refractivity contribution is 8.01. The summed E-state index contributed by atoms with van der Waals surface area (Å²) in [7, 11) is 0. The summed E-state index contributed by atoms with van der Waals surface area (Å²) < 4.78 is 0.895. The maximum atomic E-state index is 12.0. The molecule has 4 nitrogen and oxygen atoms in total. The Labute approximate surface area is 151 Å². The molecular weight excluding hydrogens is 338 g/mol. The maximum Gasteiger partial charge on any atom is 0.250 e. The lowest BCUT2D eigenvalue weighted by molar-refractivity contribution is -0.111. The lowest BCUT2D eigenvalue weighted by atomic mass is 10.0. The third-order valence-corrected chi connectivity index (χ3v) is 5.45. The molecule has 0 saturated heterocycles. The van der Waals surface area contributed by atoms with Gasteiger partial charge >= 0.3 is 0 Å². The molecule has 1 heterocycles. The van der Waals surface area contributed by atoms with Crippen LogP contribution in [0.4, 0.5) is 5.13 Å². The van der Waals surface area contributed by atoms with Crippen LogP contribution in [0.3, 0.4) is 0 Å². The molecule has 0 aliphatic carbocycles. The fourth-order valence-corrected chi connectivity index (χ4v) is 3.84. The van der Waals surface area contributed by atoms with Crippen molar-refractivity contribution in [3.05, 3.63) is 41.5 Å². The molecule has 0 fully saturated rings. The van der Waals surface area contributed by atoms with Gasteiger partial charge in [0.05, 0.1) is 0 Å². The summed E-state index contributed by atoms with van der Waals surface area (Å²) in [5.41, 5.74) is 2.29. The summed E-state index contributed by atoms with van der Waals surface area (Å²) in [5.74, 6) is 1.35. The summed E-state index contributed by atoms with van der Waals surface area (Å²) >= 11 is 3.10. The predicted octanol–water partition coefficient (Wildman–Crippen LogP) is 5.21. The Balaban J connectivity index is 1.86. The Morgan fingerprint density at radius 3 is 2.71 bits per heavy atom. The van der Waals surface area contributed by atoms with E-state index in [0.717, 1.165) is 22.1 Å². The van der Waals surface area contributed by atoms with Crippen molar-refractivity contribution in [3.63, 3.8) is 0 Å². The van der Waals surface area contributed by atoms with Crippen molar-refractivity contribution in [3.8, 4) is 0 Å². The third-order valence-electron chi connectivity index (χ3n) is 3.39. The first kappa shape index (κ1) is 18.7. The Morgan fingerprint density at radius 2 is 2.04 bits per heavy atom. The number of carbonyl (C=O) groups excluding carboxylic acids is 1. The van der Waals surface area contributed by atoms with Crippen LogP contribution in [0.2, 0.25) is 0 Å². The second-order valence-corrected chi connectivity index (χ2v) is 8.04. The fourth-order valence-electron chi connectivity index (χ4n) is 1.93. The standard InChI is InChI=1S/C18H23N3OS2/c1-4-5-12-23-18-21-20-17(24-18)19-16(22)11-8-14-6-9-15(10-7-14)13(2)3/h6-11,13H,4-5,12H2,1-3H3,(H,19,20,22)/b11-8+. The number of hydrogen-bond donors (Lipinski definition) is 1. The number of nitrogens with zero attached hydrogens (tertiary/aromatic N) is 2. The van der Waals surface area contributed by atoms with Crippen LogP contribution < -0.4 is 5.32 Å². The number of hydrogen-bond acceptors (Lipinski definition) is 5. The minimum Gasteiger partial charge on any atom is -0.297 e. The van der Waals surface area contributed by atoms with Crippen molar-refractivity contribution >= 4 is 40.2 Å². The summed E-state index contributed by atoms with van der Waals surface area (Å²) in [5, 5.41) is 11.4. The molecule has 2 aromatic rings. The Morgan fingerprint density at radius 1 is 1.29 bits per heavy atom. The van der Waals surface area contributed by atoms with E-state index in [1.165, 1.54) is 29.4 Å². The highest BCUT2D eigenvalue weighted by Gasteiger charge is 2.06. The predicted molar refractivity (Wildman–Crippen MR) is 104 cm³/mol. The SMILES string of the molecule is CCCCSc1nnc(NC(=O)/C=C/c2ccc(C(C)C)cc2)s1. The van der Waals surface area contributed by atoms with Crippen LogP contribution in [0.25, 0.3) is 6.08 Å². The van der Waals surface area contributed by atoms with E-state index in [9.17, 15) is 4.79 Å². The second-order valence-electron chi connectivity index (χ2n) is 5.72. The molecule has 0 aliphatic rings. The molecule has 1 aromatic carbocycles. The van der Waals surface area contributed by atoms with Gasteiger partial charge in [0.15, 0.2) is 4.34 Å². The number of rotatable bonds is 8. The van der Waals surface area contributed by atoms with Crippen LogP contribution in [0.15, 0.2) is 34.7 Å². The average molecular weight is 362 g/mol. The van der Waals surface area contributed by atoms with E-state index >= 15 is 0 Å². The molecule has 2 rings (SSSR count). The number of carbonyl (C=O) groups is 1. The van der Waals surface area contributed by atoms with E-state index in [1.807, 2.05) is 12.1 Å². The molecule has 0 aliphatic heterocycles. The minimum atomic E-state index is -0.191. The summed E-state index contributed by atoms with van der Waals surface area (Å²) in [6, 6.07) is 8.22. The molecule has 1 N–H and O–H groups in total. The van der Waals surface area contributed by atoms with E-state index < -0.39 is 0 Å². The monoisotopic (exact) mass is 361 g/mol. The van der Waals surface area contributed by atoms with E-state index in [1.54, 1.807) is 17.8 Å². The van der Waals surface area contributed by atoms with Crippen molar-refractivity contribution in [2.24, 2.45) is 0 Å². The Bertz CT molecular complexity index is 678. The largest absolute Gasteiger partial charge is 0.297 e. The van der Waals surface area contributed by atoms with E-state index in [2.05, 4.69) is 48.4 Å². The van der Waals surface area contributed by atoms with Crippen molar-refractivity contribution in [2.75, 3.05) is 11.1 Å². The maximum absolute atomic E-state index is 12.0. The van der Waals surface area contributed by atoms with Crippen LogP contribution >= 0.6 is 23.1 Å². The van der Waals surface area contributed by atoms with E-state index in [4.69, 9.17) is 0 Å². The smallest absolute Gasteiger partial charge is 0.250 e. The van der Waals surface area contributed by atoms with Crippen molar-refractivity contribution in [1.29, 1.82) is 0 Å². The van der Waals surface area contributed by atoms with Crippen LogP contribution in [0.5, 0.6) is 0 Å². The van der Waals surface area contributed by atoms with Crippen molar-refractivity contribution < 1.29 is 4.79 Å². The highest BCUT2D eigenvalue weighted by atomic mass is 32.2. The van der Waals surface area contributed by atoms with Crippen molar-refractivity contribution in [1.82, 2.24) is 10.2 Å². The number of unbranched alkanes of at least 4 members (excludes halogenated alkanes) is 1. The van der Waals surface area contributed by atoms with E-state index in [-0.39, 0.29) is 5.91 Å². The number of amides is 1. The molecule has 0 atom stereocenters. The van der Waals surface area contributed by atoms with Gasteiger partial charge in [-0.15, -0.1) is 10.2 Å². The molecule has 0 spiro atoms.